The van der Waals surface area contributed by atoms with Crippen molar-refractivity contribution in [3.05, 3.63) is 52.5 Å². The van der Waals surface area contributed by atoms with Crippen molar-refractivity contribution in [1.29, 1.82) is 0 Å². The minimum Gasteiger partial charge on any atom is -0.497 e. The number of halogens is 4. The molecule has 4 nitrogen and oxygen atoms in total. The van der Waals surface area contributed by atoms with Crippen LogP contribution in [0, 0.1) is 0 Å². The monoisotopic (exact) mass is 409 g/mol. The Bertz CT molecular complexity index is 822. The summed E-state index contributed by atoms with van der Waals surface area (Å²) in [5.41, 5.74) is -1.26. The van der Waals surface area contributed by atoms with Gasteiger partial charge in [-0.25, -0.2) is 8.42 Å². The van der Waals surface area contributed by atoms with Gasteiger partial charge in [-0.1, -0.05) is 12.1 Å². The molecule has 0 amide bonds. The number of rotatable bonds is 4. The van der Waals surface area contributed by atoms with Gasteiger partial charge in [-0.05, 0) is 40.2 Å². The predicted octanol–water partition coefficient (Wildman–Crippen LogP) is 4.28. The van der Waals surface area contributed by atoms with Crippen molar-refractivity contribution >= 4 is 31.6 Å². The van der Waals surface area contributed by atoms with Crippen LogP contribution in [-0.2, 0) is 16.2 Å². The Balaban J connectivity index is 2.45. The third-order valence-electron chi connectivity index (χ3n) is 2.85. The zero-order valence-corrected chi connectivity index (χ0v) is 14.1. The van der Waals surface area contributed by atoms with E-state index in [-0.39, 0.29) is 16.3 Å². The van der Waals surface area contributed by atoms with E-state index in [0.717, 1.165) is 6.07 Å². The van der Waals surface area contributed by atoms with E-state index in [1.807, 2.05) is 0 Å². The van der Waals surface area contributed by atoms with Crippen LogP contribution in [-0.4, -0.2) is 15.5 Å². The summed E-state index contributed by atoms with van der Waals surface area (Å²) in [5.74, 6) is -0.107. The lowest BCUT2D eigenvalue weighted by molar-refractivity contribution is -0.137. The van der Waals surface area contributed by atoms with Crippen LogP contribution in [0.15, 0.2) is 51.8 Å². The Morgan fingerprint density at radius 3 is 2.35 bits per heavy atom. The lowest BCUT2D eigenvalue weighted by Gasteiger charge is -2.14. The molecule has 9 heteroatoms. The summed E-state index contributed by atoms with van der Waals surface area (Å²) in [6.45, 7) is 0. The number of benzene rings is 2. The Hall–Kier alpha value is -1.74. The van der Waals surface area contributed by atoms with Gasteiger partial charge >= 0.3 is 6.18 Å². The maximum Gasteiger partial charge on any atom is 0.416 e. The molecule has 2 aromatic rings. The molecule has 0 aliphatic heterocycles. The van der Waals surface area contributed by atoms with Gasteiger partial charge in [0.05, 0.1) is 18.4 Å². The smallest absolute Gasteiger partial charge is 0.416 e. The number of sulfonamides is 1. The molecule has 23 heavy (non-hydrogen) atoms. The molecule has 0 radical (unpaired) electrons. The fraction of sp³-hybridized carbons (Fsp3) is 0.143. The van der Waals surface area contributed by atoms with E-state index in [0.29, 0.717) is 10.5 Å². The first-order valence-corrected chi connectivity index (χ1v) is 8.45. The van der Waals surface area contributed by atoms with Crippen LogP contribution in [0.2, 0.25) is 0 Å². The Morgan fingerprint density at radius 1 is 1.13 bits per heavy atom. The van der Waals surface area contributed by atoms with Gasteiger partial charge < -0.3 is 4.74 Å². The molecule has 0 unspecified atom stereocenters. The highest BCUT2D eigenvalue weighted by molar-refractivity contribution is 9.10. The molecule has 0 aliphatic rings. The SMILES string of the molecule is COc1cc(NS(=O)(=O)c2ccccc2Br)cc(C(F)(F)F)c1. The Kier molecular flexibility index (Phi) is 4.90. The highest BCUT2D eigenvalue weighted by Gasteiger charge is 2.32. The number of ether oxygens (including phenoxy) is 1. The van der Waals surface area contributed by atoms with Gasteiger partial charge in [0.25, 0.3) is 10.0 Å². The molecule has 0 fully saturated rings. The second-order valence-corrected chi connectivity index (χ2v) is 6.99. The van der Waals surface area contributed by atoms with Crippen molar-refractivity contribution in [2.45, 2.75) is 11.1 Å². The maximum absolute atomic E-state index is 12.9. The first-order chi connectivity index (χ1) is 10.6. The van der Waals surface area contributed by atoms with Crippen LogP contribution in [0.5, 0.6) is 5.75 Å². The van der Waals surface area contributed by atoms with Crippen LogP contribution in [0.4, 0.5) is 18.9 Å². The Morgan fingerprint density at radius 2 is 1.78 bits per heavy atom. The van der Waals surface area contributed by atoms with Crippen LogP contribution in [0.1, 0.15) is 5.56 Å². The average molecular weight is 410 g/mol. The summed E-state index contributed by atoms with van der Waals surface area (Å²) in [7, 11) is -2.86. The number of nitrogens with one attached hydrogen (secondary N) is 1. The van der Waals surface area contributed by atoms with Gasteiger partial charge in [-0.3, -0.25) is 4.72 Å². The van der Waals surface area contributed by atoms with E-state index in [1.165, 1.54) is 31.4 Å². The van der Waals surface area contributed by atoms with Crippen LogP contribution >= 0.6 is 15.9 Å². The van der Waals surface area contributed by atoms with E-state index < -0.39 is 21.8 Å². The van der Waals surface area contributed by atoms with Gasteiger partial charge in [-0.15, -0.1) is 0 Å². The minimum atomic E-state index is -4.62. The topological polar surface area (TPSA) is 55.4 Å². The number of hydrogen-bond acceptors (Lipinski definition) is 3. The summed E-state index contributed by atoms with van der Waals surface area (Å²) >= 11 is 3.10. The molecule has 2 rings (SSSR count). The van der Waals surface area contributed by atoms with Crippen molar-refractivity contribution in [3.63, 3.8) is 0 Å². The van der Waals surface area contributed by atoms with E-state index in [2.05, 4.69) is 20.7 Å². The molecule has 0 aromatic heterocycles. The fourth-order valence-electron chi connectivity index (χ4n) is 1.81. The first kappa shape index (κ1) is 17.6. The largest absolute Gasteiger partial charge is 0.497 e. The van der Waals surface area contributed by atoms with Crippen LogP contribution < -0.4 is 9.46 Å². The summed E-state index contributed by atoms with van der Waals surface area (Å²) in [4.78, 5) is -0.0867. The highest BCUT2D eigenvalue weighted by atomic mass is 79.9. The third kappa shape index (κ3) is 4.17. The minimum absolute atomic E-state index is 0.0867. The molecule has 0 aliphatic carbocycles. The molecule has 124 valence electrons. The zero-order valence-electron chi connectivity index (χ0n) is 11.7. The van der Waals surface area contributed by atoms with Crippen molar-refractivity contribution in [3.8, 4) is 5.75 Å². The first-order valence-electron chi connectivity index (χ1n) is 6.17. The molecule has 0 saturated carbocycles. The summed E-state index contributed by atoms with van der Waals surface area (Å²) in [6.07, 6.45) is -4.62. The molecule has 0 bridgehead atoms. The van der Waals surface area contributed by atoms with E-state index in [4.69, 9.17) is 4.74 Å². The van der Waals surface area contributed by atoms with Crippen molar-refractivity contribution in [1.82, 2.24) is 0 Å². The van der Waals surface area contributed by atoms with Gasteiger partial charge in [0.15, 0.2) is 0 Å². The molecular formula is C14H11BrF3NO3S. The number of hydrogen-bond donors (Lipinski definition) is 1. The molecule has 0 spiro atoms. The fourth-order valence-corrected chi connectivity index (χ4v) is 3.86. The van der Waals surface area contributed by atoms with E-state index in [1.54, 1.807) is 6.07 Å². The van der Waals surface area contributed by atoms with Gasteiger partial charge in [-0.2, -0.15) is 13.2 Å². The normalized spacial score (nSPS) is 12.0. The van der Waals surface area contributed by atoms with E-state index >= 15 is 0 Å². The van der Waals surface area contributed by atoms with E-state index in [9.17, 15) is 21.6 Å². The maximum atomic E-state index is 12.9. The average Bonchev–Trinajstić information content (AvgIpc) is 2.45. The molecule has 0 atom stereocenters. The predicted molar refractivity (Wildman–Crippen MR) is 82.9 cm³/mol. The zero-order chi connectivity index (χ0) is 17.3. The molecular weight excluding hydrogens is 399 g/mol. The number of methoxy groups -OCH3 is 1. The quantitative estimate of drug-likeness (QED) is 0.819. The molecule has 0 saturated heterocycles. The third-order valence-corrected chi connectivity index (χ3v) is 5.24. The van der Waals surface area contributed by atoms with Gasteiger partial charge in [0, 0.05) is 10.5 Å². The molecule has 0 heterocycles. The van der Waals surface area contributed by atoms with Crippen molar-refractivity contribution in [2.24, 2.45) is 0 Å². The lowest BCUT2D eigenvalue weighted by atomic mass is 10.2. The van der Waals surface area contributed by atoms with Crippen molar-refractivity contribution in [2.75, 3.05) is 11.8 Å². The summed E-state index contributed by atoms with van der Waals surface area (Å²) in [5, 5.41) is 0. The van der Waals surface area contributed by atoms with Crippen LogP contribution in [0.3, 0.4) is 0 Å². The van der Waals surface area contributed by atoms with Crippen molar-refractivity contribution < 1.29 is 26.3 Å². The second kappa shape index (κ2) is 6.40. The van der Waals surface area contributed by atoms with Crippen LogP contribution in [0.25, 0.3) is 0 Å². The number of alkyl halides is 3. The summed E-state index contributed by atoms with van der Waals surface area (Å²) < 4.78 is 70.4. The molecule has 2 aromatic carbocycles. The van der Waals surface area contributed by atoms with Gasteiger partial charge in [0.2, 0.25) is 0 Å². The Labute approximate surface area is 139 Å². The lowest BCUT2D eigenvalue weighted by Crippen LogP contribution is -2.14. The second-order valence-electron chi connectivity index (χ2n) is 4.48. The molecule has 1 N–H and O–H groups in total. The van der Waals surface area contributed by atoms with Gasteiger partial charge in [0.1, 0.15) is 10.6 Å². The highest BCUT2D eigenvalue weighted by Crippen LogP contribution is 2.35. The summed E-state index contributed by atoms with van der Waals surface area (Å²) in [6, 6.07) is 8.64. The standard InChI is InChI=1S/C14H11BrF3NO3S/c1-22-11-7-9(14(16,17)18)6-10(8-11)19-23(20,21)13-5-3-2-4-12(13)15/h2-8,19H,1H3. The number of anilines is 1.